The van der Waals surface area contributed by atoms with Crippen molar-refractivity contribution in [3.05, 3.63) is 52.0 Å². The molecule has 1 aliphatic carbocycles. The standard InChI is InChI=1S/C15H18N2S/c1-2-4-15(12-5-6-12)13(3-1)9-16-8-7-14-10-18-11-17-14/h1-4,10-12,16H,5-9H2. The Hall–Kier alpha value is -1.19. The number of rotatable bonds is 6. The Bertz CT molecular complexity index is 489. The average molecular weight is 258 g/mol. The second kappa shape index (κ2) is 5.63. The zero-order valence-electron chi connectivity index (χ0n) is 10.4. The Labute approximate surface area is 112 Å². The largest absolute Gasteiger partial charge is 0.312 e. The van der Waals surface area contributed by atoms with E-state index in [2.05, 4.69) is 39.9 Å². The van der Waals surface area contributed by atoms with Gasteiger partial charge in [0, 0.05) is 24.9 Å². The molecule has 94 valence electrons. The van der Waals surface area contributed by atoms with Crippen LogP contribution in [-0.4, -0.2) is 11.5 Å². The van der Waals surface area contributed by atoms with Crippen LogP contribution in [0.25, 0.3) is 0 Å². The van der Waals surface area contributed by atoms with E-state index in [0.717, 1.165) is 25.4 Å². The lowest BCUT2D eigenvalue weighted by Crippen LogP contribution is -2.17. The molecule has 0 aliphatic heterocycles. The summed E-state index contributed by atoms with van der Waals surface area (Å²) in [6.07, 6.45) is 3.76. The first-order chi connectivity index (χ1) is 8.93. The molecule has 18 heavy (non-hydrogen) atoms. The van der Waals surface area contributed by atoms with Crippen molar-refractivity contribution >= 4 is 11.3 Å². The molecule has 0 amide bonds. The molecule has 0 spiro atoms. The van der Waals surface area contributed by atoms with Gasteiger partial charge >= 0.3 is 0 Å². The van der Waals surface area contributed by atoms with E-state index in [1.807, 2.05) is 5.51 Å². The lowest BCUT2D eigenvalue weighted by molar-refractivity contribution is 0.677. The van der Waals surface area contributed by atoms with Gasteiger partial charge in [0.15, 0.2) is 0 Å². The molecule has 0 radical (unpaired) electrons. The minimum Gasteiger partial charge on any atom is -0.312 e. The number of thiazole rings is 1. The number of hydrogen-bond donors (Lipinski definition) is 1. The maximum absolute atomic E-state index is 4.30. The van der Waals surface area contributed by atoms with Crippen LogP contribution in [0.1, 0.15) is 35.6 Å². The van der Waals surface area contributed by atoms with Gasteiger partial charge in [0.05, 0.1) is 11.2 Å². The van der Waals surface area contributed by atoms with Crippen molar-refractivity contribution < 1.29 is 0 Å². The minimum absolute atomic E-state index is 0.835. The van der Waals surface area contributed by atoms with E-state index in [0.29, 0.717) is 0 Å². The van der Waals surface area contributed by atoms with Gasteiger partial charge in [0.2, 0.25) is 0 Å². The summed E-state index contributed by atoms with van der Waals surface area (Å²) in [6, 6.07) is 8.84. The first-order valence-corrected chi connectivity index (χ1v) is 7.53. The molecule has 0 atom stereocenters. The summed E-state index contributed by atoms with van der Waals surface area (Å²) in [5, 5.41) is 5.65. The van der Waals surface area contributed by atoms with Crippen molar-refractivity contribution in [2.24, 2.45) is 0 Å². The normalized spacial score (nSPS) is 14.9. The SMILES string of the molecule is c1ccc(C2CC2)c(CNCCc2cscn2)c1. The molecule has 0 unspecified atom stereocenters. The van der Waals surface area contributed by atoms with Crippen LogP contribution in [0.4, 0.5) is 0 Å². The fraction of sp³-hybridized carbons (Fsp3) is 0.400. The maximum atomic E-state index is 4.30. The number of nitrogens with one attached hydrogen (secondary N) is 1. The van der Waals surface area contributed by atoms with E-state index < -0.39 is 0 Å². The summed E-state index contributed by atoms with van der Waals surface area (Å²) in [5.41, 5.74) is 6.12. The van der Waals surface area contributed by atoms with Gasteiger partial charge in [0.25, 0.3) is 0 Å². The zero-order chi connectivity index (χ0) is 12.2. The van der Waals surface area contributed by atoms with Gasteiger partial charge in [-0.2, -0.15) is 0 Å². The Morgan fingerprint density at radius 1 is 1.28 bits per heavy atom. The molecular formula is C15H18N2S. The fourth-order valence-corrected chi connectivity index (χ4v) is 2.88. The molecule has 1 aliphatic rings. The maximum Gasteiger partial charge on any atom is 0.0794 e. The molecule has 0 saturated heterocycles. The number of benzene rings is 1. The topological polar surface area (TPSA) is 24.9 Å². The Kier molecular flexibility index (Phi) is 3.72. The number of hydrogen-bond acceptors (Lipinski definition) is 3. The summed E-state index contributed by atoms with van der Waals surface area (Å²) in [6.45, 7) is 1.99. The van der Waals surface area contributed by atoms with E-state index in [-0.39, 0.29) is 0 Å². The molecule has 3 heteroatoms. The van der Waals surface area contributed by atoms with Crippen LogP contribution in [0.15, 0.2) is 35.2 Å². The predicted molar refractivity (Wildman–Crippen MR) is 75.9 cm³/mol. The van der Waals surface area contributed by atoms with Crippen LogP contribution >= 0.6 is 11.3 Å². The zero-order valence-corrected chi connectivity index (χ0v) is 11.2. The third kappa shape index (κ3) is 2.98. The predicted octanol–water partition coefficient (Wildman–Crippen LogP) is 3.35. The van der Waals surface area contributed by atoms with E-state index in [4.69, 9.17) is 0 Å². The smallest absolute Gasteiger partial charge is 0.0794 e. The molecule has 2 aromatic rings. The second-order valence-corrected chi connectivity index (χ2v) is 5.60. The first-order valence-electron chi connectivity index (χ1n) is 6.59. The van der Waals surface area contributed by atoms with Crippen molar-refractivity contribution in [1.82, 2.24) is 10.3 Å². The van der Waals surface area contributed by atoms with Crippen molar-refractivity contribution in [2.45, 2.75) is 31.7 Å². The van der Waals surface area contributed by atoms with Gasteiger partial charge in [-0.05, 0) is 29.9 Å². The highest BCUT2D eigenvalue weighted by molar-refractivity contribution is 7.07. The second-order valence-electron chi connectivity index (χ2n) is 4.88. The van der Waals surface area contributed by atoms with Gasteiger partial charge in [-0.1, -0.05) is 24.3 Å². The molecule has 1 fully saturated rings. The van der Waals surface area contributed by atoms with Crippen LogP contribution in [0.3, 0.4) is 0 Å². The molecule has 1 N–H and O–H groups in total. The molecular weight excluding hydrogens is 240 g/mol. The van der Waals surface area contributed by atoms with E-state index >= 15 is 0 Å². The van der Waals surface area contributed by atoms with Gasteiger partial charge in [-0.15, -0.1) is 11.3 Å². The molecule has 1 heterocycles. The van der Waals surface area contributed by atoms with E-state index in [1.54, 1.807) is 16.9 Å². The molecule has 2 nitrogen and oxygen atoms in total. The lowest BCUT2D eigenvalue weighted by Gasteiger charge is -2.09. The van der Waals surface area contributed by atoms with Crippen LogP contribution < -0.4 is 5.32 Å². The van der Waals surface area contributed by atoms with Gasteiger partial charge < -0.3 is 5.32 Å². The summed E-state index contributed by atoms with van der Waals surface area (Å²) in [4.78, 5) is 4.30. The highest BCUT2D eigenvalue weighted by atomic mass is 32.1. The quantitative estimate of drug-likeness (QED) is 0.804. The summed E-state index contributed by atoms with van der Waals surface area (Å²) < 4.78 is 0. The summed E-state index contributed by atoms with van der Waals surface area (Å²) in [7, 11) is 0. The van der Waals surface area contributed by atoms with Crippen LogP contribution in [0, 0.1) is 0 Å². The van der Waals surface area contributed by atoms with Crippen LogP contribution in [0.5, 0.6) is 0 Å². The molecule has 1 aromatic heterocycles. The van der Waals surface area contributed by atoms with Gasteiger partial charge in [0.1, 0.15) is 0 Å². The number of nitrogens with zero attached hydrogens (tertiary/aromatic N) is 1. The van der Waals surface area contributed by atoms with Crippen molar-refractivity contribution in [2.75, 3.05) is 6.54 Å². The molecule has 0 bridgehead atoms. The summed E-state index contributed by atoms with van der Waals surface area (Å²) >= 11 is 1.67. The van der Waals surface area contributed by atoms with Crippen LogP contribution in [-0.2, 0) is 13.0 Å². The minimum atomic E-state index is 0.835. The Morgan fingerprint density at radius 3 is 2.94 bits per heavy atom. The monoisotopic (exact) mass is 258 g/mol. The molecule has 3 rings (SSSR count). The Balaban J connectivity index is 1.50. The number of aromatic nitrogens is 1. The van der Waals surface area contributed by atoms with Crippen molar-refractivity contribution in [1.29, 1.82) is 0 Å². The van der Waals surface area contributed by atoms with Crippen molar-refractivity contribution in [3.8, 4) is 0 Å². The lowest BCUT2D eigenvalue weighted by atomic mass is 10.0. The first kappa shape index (κ1) is 11.9. The third-order valence-electron chi connectivity index (χ3n) is 3.43. The van der Waals surface area contributed by atoms with E-state index in [1.165, 1.54) is 24.1 Å². The highest BCUT2D eigenvalue weighted by Gasteiger charge is 2.25. The van der Waals surface area contributed by atoms with Gasteiger partial charge in [-0.3, -0.25) is 0 Å². The molecule has 1 aromatic carbocycles. The van der Waals surface area contributed by atoms with Crippen LogP contribution in [0.2, 0.25) is 0 Å². The average Bonchev–Trinajstić information content (AvgIpc) is 3.12. The Morgan fingerprint density at radius 2 is 2.17 bits per heavy atom. The molecule has 1 saturated carbocycles. The van der Waals surface area contributed by atoms with E-state index in [9.17, 15) is 0 Å². The van der Waals surface area contributed by atoms with Gasteiger partial charge in [-0.25, -0.2) is 4.98 Å². The third-order valence-corrected chi connectivity index (χ3v) is 4.06. The fourth-order valence-electron chi connectivity index (χ4n) is 2.29. The van der Waals surface area contributed by atoms with Crippen molar-refractivity contribution in [3.63, 3.8) is 0 Å². The highest BCUT2D eigenvalue weighted by Crippen LogP contribution is 2.41. The summed E-state index contributed by atoms with van der Waals surface area (Å²) in [5.74, 6) is 0.835.